The van der Waals surface area contributed by atoms with Crippen LogP contribution in [0.1, 0.15) is 41.4 Å². The molecule has 0 bridgehead atoms. The van der Waals surface area contributed by atoms with Crippen LogP contribution in [-0.4, -0.2) is 40.7 Å². The first kappa shape index (κ1) is 17.7. The highest BCUT2D eigenvalue weighted by atomic mass is 16.5. The molecule has 134 valence electrons. The number of carbonyl (C=O) groups excluding carboxylic acids is 1. The zero-order valence-electron chi connectivity index (χ0n) is 15.4. The minimum atomic E-state index is 0.0578. The molecule has 0 N–H and O–H groups in total. The molecule has 0 aliphatic carbocycles. The number of ketones is 1. The summed E-state index contributed by atoms with van der Waals surface area (Å²) in [6, 6.07) is 7.49. The van der Waals surface area contributed by atoms with E-state index in [2.05, 4.69) is 30.0 Å². The quantitative estimate of drug-likeness (QED) is 0.756. The molecule has 0 amide bonds. The van der Waals surface area contributed by atoms with E-state index in [1.807, 2.05) is 28.9 Å². The zero-order valence-corrected chi connectivity index (χ0v) is 15.4. The highest BCUT2D eigenvalue weighted by Gasteiger charge is 2.27. The molecule has 2 heterocycles. The Morgan fingerprint density at radius 3 is 2.96 bits per heavy atom. The summed E-state index contributed by atoms with van der Waals surface area (Å²) in [4.78, 5) is 15.3. The molecule has 5 nitrogen and oxygen atoms in total. The van der Waals surface area contributed by atoms with Crippen molar-refractivity contribution in [1.82, 2.24) is 14.7 Å². The van der Waals surface area contributed by atoms with Crippen LogP contribution in [0.2, 0.25) is 0 Å². The van der Waals surface area contributed by atoms with Crippen LogP contribution in [0.3, 0.4) is 0 Å². The molecule has 1 aromatic heterocycles. The van der Waals surface area contributed by atoms with Crippen LogP contribution in [0.15, 0.2) is 30.5 Å². The summed E-state index contributed by atoms with van der Waals surface area (Å²) in [5.74, 6) is 1.02. The van der Waals surface area contributed by atoms with E-state index >= 15 is 0 Å². The second kappa shape index (κ2) is 7.83. The highest BCUT2D eigenvalue weighted by Crippen LogP contribution is 2.24. The van der Waals surface area contributed by atoms with E-state index in [-0.39, 0.29) is 11.7 Å². The third-order valence-corrected chi connectivity index (χ3v) is 5.00. The lowest BCUT2D eigenvalue weighted by molar-refractivity contribution is 0.0811. The van der Waals surface area contributed by atoms with E-state index in [1.165, 1.54) is 5.56 Å². The van der Waals surface area contributed by atoms with Crippen LogP contribution >= 0.6 is 0 Å². The SMILES string of the molecule is CCn1cc(CN2CCC[C@H](C(=O)c3cccc(OC)c3)C2)c(C)n1. The van der Waals surface area contributed by atoms with Gasteiger partial charge in [0.05, 0.1) is 12.8 Å². The number of aromatic nitrogens is 2. The van der Waals surface area contributed by atoms with E-state index < -0.39 is 0 Å². The Morgan fingerprint density at radius 1 is 1.40 bits per heavy atom. The molecule has 1 aromatic carbocycles. The maximum Gasteiger partial charge on any atom is 0.167 e. The largest absolute Gasteiger partial charge is 0.497 e. The molecule has 5 heteroatoms. The van der Waals surface area contributed by atoms with E-state index in [0.29, 0.717) is 0 Å². The van der Waals surface area contributed by atoms with Gasteiger partial charge in [0.2, 0.25) is 0 Å². The lowest BCUT2D eigenvalue weighted by atomic mass is 9.89. The molecule has 0 spiro atoms. The predicted octanol–water partition coefficient (Wildman–Crippen LogP) is 3.31. The van der Waals surface area contributed by atoms with Gasteiger partial charge in [-0.25, -0.2) is 0 Å². The molecule has 0 radical (unpaired) electrons. The van der Waals surface area contributed by atoms with Crippen molar-refractivity contribution < 1.29 is 9.53 Å². The molecule has 25 heavy (non-hydrogen) atoms. The predicted molar refractivity (Wildman–Crippen MR) is 98.0 cm³/mol. The first-order valence-corrected chi connectivity index (χ1v) is 9.04. The maximum absolute atomic E-state index is 12.9. The average molecular weight is 341 g/mol. The van der Waals surface area contributed by atoms with Crippen molar-refractivity contribution in [3.63, 3.8) is 0 Å². The average Bonchev–Trinajstić information content (AvgIpc) is 3.01. The summed E-state index contributed by atoms with van der Waals surface area (Å²) in [6.07, 6.45) is 4.14. The molecular formula is C20H27N3O2. The van der Waals surface area contributed by atoms with Crippen molar-refractivity contribution in [3.8, 4) is 5.75 Å². The Kier molecular flexibility index (Phi) is 5.53. The number of Topliss-reactive ketones (excluding diaryl/α,β-unsaturated/α-hetero) is 1. The minimum absolute atomic E-state index is 0.0578. The summed E-state index contributed by atoms with van der Waals surface area (Å²) >= 11 is 0. The van der Waals surface area contributed by atoms with Gasteiger partial charge in [-0.2, -0.15) is 5.10 Å². The Labute approximate surface area is 149 Å². The standard InChI is InChI=1S/C20H27N3O2/c1-4-23-14-18(15(2)21-23)13-22-10-6-8-17(12-22)20(24)16-7-5-9-19(11-16)25-3/h5,7,9,11,14,17H,4,6,8,10,12-13H2,1-3H3/t17-/m0/s1. The Bertz CT molecular complexity index is 738. The van der Waals surface area contributed by atoms with Crippen LogP contribution in [0, 0.1) is 12.8 Å². The molecule has 1 saturated heterocycles. The van der Waals surface area contributed by atoms with E-state index in [9.17, 15) is 4.79 Å². The number of nitrogens with zero attached hydrogens (tertiary/aromatic N) is 3. The van der Waals surface area contributed by atoms with E-state index in [1.54, 1.807) is 7.11 Å². The zero-order chi connectivity index (χ0) is 17.8. The Balaban J connectivity index is 1.67. The van der Waals surface area contributed by atoms with Gasteiger partial charge in [0.1, 0.15) is 5.75 Å². The molecule has 3 rings (SSSR count). The van der Waals surface area contributed by atoms with Gasteiger partial charge >= 0.3 is 0 Å². The van der Waals surface area contributed by atoms with Gasteiger partial charge in [-0.3, -0.25) is 14.4 Å². The van der Waals surface area contributed by atoms with Gasteiger partial charge in [0.25, 0.3) is 0 Å². The number of ether oxygens (including phenoxy) is 1. The second-order valence-corrected chi connectivity index (χ2v) is 6.77. The van der Waals surface area contributed by atoms with Crippen LogP contribution in [-0.2, 0) is 13.1 Å². The van der Waals surface area contributed by atoms with E-state index in [4.69, 9.17) is 4.74 Å². The summed E-state index contributed by atoms with van der Waals surface area (Å²) in [5.41, 5.74) is 3.10. The van der Waals surface area contributed by atoms with Crippen molar-refractivity contribution in [2.45, 2.75) is 39.8 Å². The van der Waals surface area contributed by atoms with Crippen molar-refractivity contribution in [3.05, 3.63) is 47.3 Å². The second-order valence-electron chi connectivity index (χ2n) is 6.77. The van der Waals surface area contributed by atoms with Gasteiger partial charge in [-0.05, 0) is 45.4 Å². The molecule has 0 saturated carbocycles. The minimum Gasteiger partial charge on any atom is -0.497 e. The first-order chi connectivity index (χ1) is 12.1. The highest BCUT2D eigenvalue weighted by molar-refractivity contribution is 5.98. The number of rotatable bonds is 6. The van der Waals surface area contributed by atoms with Crippen molar-refractivity contribution >= 4 is 5.78 Å². The number of aryl methyl sites for hydroxylation is 2. The molecular weight excluding hydrogens is 314 g/mol. The lowest BCUT2D eigenvalue weighted by Crippen LogP contribution is -2.38. The Morgan fingerprint density at radius 2 is 2.24 bits per heavy atom. The van der Waals surface area contributed by atoms with Crippen LogP contribution in [0.5, 0.6) is 5.75 Å². The molecule has 2 aromatic rings. The van der Waals surface area contributed by atoms with E-state index in [0.717, 1.165) is 56.0 Å². The fourth-order valence-corrected chi connectivity index (χ4v) is 3.54. The molecule has 1 aliphatic rings. The number of hydrogen-bond donors (Lipinski definition) is 0. The number of hydrogen-bond acceptors (Lipinski definition) is 4. The summed E-state index contributed by atoms with van der Waals surface area (Å²) in [5, 5.41) is 4.52. The normalized spacial score (nSPS) is 18.3. The third-order valence-electron chi connectivity index (χ3n) is 5.00. The van der Waals surface area contributed by atoms with Crippen molar-refractivity contribution in [2.75, 3.05) is 20.2 Å². The van der Waals surface area contributed by atoms with Gasteiger partial charge in [-0.1, -0.05) is 12.1 Å². The van der Waals surface area contributed by atoms with Gasteiger partial charge in [0.15, 0.2) is 5.78 Å². The lowest BCUT2D eigenvalue weighted by Gasteiger charge is -2.31. The molecule has 1 atom stereocenters. The monoisotopic (exact) mass is 341 g/mol. The third kappa shape index (κ3) is 4.10. The number of carbonyl (C=O) groups is 1. The summed E-state index contributed by atoms with van der Waals surface area (Å²) in [7, 11) is 1.63. The van der Waals surface area contributed by atoms with Crippen LogP contribution in [0.25, 0.3) is 0 Å². The first-order valence-electron chi connectivity index (χ1n) is 9.04. The number of piperidine rings is 1. The van der Waals surface area contributed by atoms with Crippen molar-refractivity contribution in [1.29, 1.82) is 0 Å². The molecule has 1 aliphatic heterocycles. The van der Waals surface area contributed by atoms with Gasteiger partial charge in [-0.15, -0.1) is 0 Å². The van der Waals surface area contributed by atoms with Crippen molar-refractivity contribution in [2.24, 2.45) is 5.92 Å². The number of likely N-dealkylation sites (tertiary alicyclic amines) is 1. The number of methoxy groups -OCH3 is 1. The van der Waals surface area contributed by atoms with Gasteiger partial charge < -0.3 is 4.74 Å². The molecule has 1 fully saturated rings. The fourth-order valence-electron chi connectivity index (χ4n) is 3.54. The Hall–Kier alpha value is -2.14. The van der Waals surface area contributed by atoms with Crippen LogP contribution in [0.4, 0.5) is 0 Å². The summed E-state index contributed by atoms with van der Waals surface area (Å²) in [6.45, 7) is 7.77. The smallest absolute Gasteiger partial charge is 0.167 e. The summed E-state index contributed by atoms with van der Waals surface area (Å²) < 4.78 is 7.23. The topological polar surface area (TPSA) is 47.4 Å². The van der Waals surface area contributed by atoms with Gasteiger partial charge in [0, 0.05) is 42.9 Å². The number of benzene rings is 1. The fraction of sp³-hybridized carbons (Fsp3) is 0.500. The van der Waals surface area contributed by atoms with Crippen LogP contribution < -0.4 is 4.74 Å². The maximum atomic E-state index is 12.9. The molecule has 0 unspecified atom stereocenters.